The van der Waals surface area contributed by atoms with Gasteiger partial charge in [-0.25, -0.2) is 18.1 Å². The molecule has 1 aliphatic heterocycles. The SMILES string of the molecule is Cc1nc(N2CC[C@H](CNS(C)(=O)=O)C2)ccc1Br. The van der Waals surface area contributed by atoms with Crippen LogP contribution >= 0.6 is 15.9 Å². The van der Waals surface area contributed by atoms with Gasteiger partial charge < -0.3 is 4.90 Å². The summed E-state index contributed by atoms with van der Waals surface area (Å²) >= 11 is 3.44. The maximum Gasteiger partial charge on any atom is 0.208 e. The van der Waals surface area contributed by atoms with Gasteiger partial charge in [-0.15, -0.1) is 0 Å². The lowest BCUT2D eigenvalue weighted by Gasteiger charge is -2.18. The molecule has 0 amide bonds. The van der Waals surface area contributed by atoms with E-state index < -0.39 is 10.0 Å². The number of halogens is 1. The van der Waals surface area contributed by atoms with E-state index in [-0.39, 0.29) is 0 Å². The van der Waals surface area contributed by atoms with Crippen LogP contribution in [0.2, 0.25) is 0 Å². The molecule has 0 radical (unpaired) electrons. The minimum absolute atomic E-state index is 0.348. The Kier molecular flexibility index (Phi) is 4.47. The second-order valence-electron chi connectivity index (χ2n) is 4.96. The summed E-state index contributed by atoms with van der Waals surface area (Å²) in [5, 5.41) is 0. The summed E-state index contributed by atoms with van der Waals surface area (Å²) in [5.74, 6) is 1.31. The van der Waals surface area contributed by atoms with Gasteiger partial charge in [-0.2, -0.15) is 0 Å². The molecule has 1 aromatic rings. The second-order valence-corrected chi connectivity index (χ2v) is 7.65. The largest absolute Gasteiger partial charge is 0.356 e. The zero-order valence-electron chi connectivity index (χ0n) is 11.1. The first-order valence-corrected chi connectivity index (χ1v) is 8.86. The number of hydrogen-bond acceptors (Lipinski definition) is 4. The van der Waals surface area contributed by atoms with Crippen molar-refractivity contribution in [3.05, 3.63) is 22.3 Å². The molecular formula is C12H18BrN3O2S. The van der Waals surface area contributed by atoms with Crippen molar-refractivity contribution in [2.75, 3.05) is 30.8 Å². The van der Waals surface area contributed by atoms with E-state index in [2.05, 4.69) is 30.5 Å². The predicted octanol–water partition coefficient (Wildman–Crippen LogP) is 1.53. The summed E-state index contributed by atoms with van der Waals surface area (Å²) in [4.78, 5) is 6.74. The molecule has 5 nitrogen and oxygen atoms in total. The Hall–Kier alpha value is -0.660. The number of pyridine rings is 1. The van der Waals surface area contributed by atoms with Crippen LogP contribution in [-0.2, 0) is 10.0 Å². The number of aryl methyl sites for hydroxylation is 1. The summed E-state index contributed by atoms with van der Waals surface area (Å²) in [7, 11) is -3.10. The molecule has 7 heteroatoms. The van der Waals surface area contributed by atoms with Crippen molar-refractivity contribution in [1.29, 1.82) is 0 Å². The van der Waals surface area contributed by atoms with Crippen LogP contribution in [-0.4, -0.2) is 39.3 Å². The highest BCUT2D eigenvalue weighted by atomic mass is 79.9. The first-order chi connectivity index (χ1) is 8.85. The van der Waals surface area contributed by atoms with Gasteiger partial charge >= 0.3 is 0 Å². The fraction of sp³-hybridized carbons (Fsp3) is 0.583. The van der Waals surface area contributed by atoms with E-state index in [9.17, 15) is 8.42 Å². The van der Waals surface area contributed by atoms with Crippen LogP contribution in [0.1, 0.15) is 12.1 Å². The highest BCUT2D eigenvalue weighted by Crippen LogP contribution is 2.24. The van der Waals surface area contributed by atoms with Gasteiger partial charge in [0.05, 0.1) is 11.9 Å². The molecular weight excluding hydrogens is 330 g/mol. The van der Waals surface area contributed by atoms with Gasteiger partial charge in [-0.3, -0.25) is 0 Å². The third-order valence-corrected chi connectivity index (χ3v) is 4.78. The molecule has 2 rings (SSSR count). The van der Waals surface area contributed by atoms with Crippen LogP contribution in [0.15, 0.2) is 16.6 Å². The van der Waals surface area contributed by atoms with E-state index in [0.29, 0.717) is 12.5 Å². The minimum atomic E-state index is -3.10. The van der Waals surface area contributed by atoms with Crippen LogP contribution < -0.4 is 9.62 Å². The predicted molar refractivity (Wildman–Crippen MR) is 79.8 cm³/mol. The van der Waals surface area contributed by atoms with Gasteiger partial charge in [0.25, 0.3) is 0 Å². The number of anilines is 1. The summed E-state index contributed by atoms with van der Waals surface area (Å²) in [5.41, 5.74) is 0.968. The van der Waals surface area contributed by atoms with E-state index in [1.165, 1.54) is 6.26 Å². The lowest BCUT2D eigenvalue weighted by atomic mass is 10.1. The third kappa shape index (κ3) is 4.15. The molecule has 0 aromatic carbocycles. The molecule has 0 unspecified atom stereocenters. The quantitative estimate of drug-likeness (QED) is 0.896. The van der Waals surface area contributed by atoms with E-state index in [1.54, 1.807) is 0 Å². The molecule has 1 aliphatic rings. The zero-order valence-corrected chi connectivity index (χ0v) is 13.5. The Morgan fingerprint density at radius 2 is 2.26 bits per heavy atom. The molecule has 106 valence electrons. The number of nitrogens with zero attached hydrogens (tertiary/aromatic N) is 2. The number of aromatic nitrogens is 1. The number of rotatable bonds is 4. The molecule has 0 aliphatic carbocycles. The van der Waals surface area contributed by atoms with Gasteiger partial charge in [0.1, 0.15) is 5.82 Å². The normalized spacial score (nSPS) is 19.9. The van der Waals surface area contributed by atoms with E-state index >= 15 is 0 Å². The standard InChI is InChI=1S/C12H18BrN3O2S/c1-9-11(13)3-4-12(15-9)16-6-5-10(8-16)7-14-19(2,17)18/h3-4,10,14H,5-8H2,1-2H3/t10-/m1/s1. The summed E-state index contributed by atoms with van der Waals surface area (Å²) in [6, 6.07) is 3.99. The molecule has 1 N–H and O–H groups in total. The number of nitrogens with one attached hydrogen (secondary N) is 1. The van der Waals surface area contributed by atoms with Crippen LogP contribution in [0, 0.1) is 12.8 Å². The Morgan fingerprint density at radius 1 is 1.53 bits per heavy atom. The van der Waals surface area contributed by atoms with E-state index in [0.717, 1.165) is 35.5 Å². The van der Waals surface area contributed by atoms with Gasteiger partial charge in [-0.1, -0.05) is 0 Å². The average Bonchev–Trinajstić information content (AvgIpc) is 2.78. The smallest absolute Gasteiger partial charge is 0.208 e. The van der Waals surface area contributed by atoms with Gasteiger partial charge in [0, 0.05) is 24.1 Å². The molecule has 19 heavy (non-hydrogen) atoms. The van der Waals surface area contributed by atoms with E-state index in [4.69, 9.17) is 0 Å². The van der Waals surface area contributed by atoms with Crippen molar-refractivity contribution in [3.8, 4) is 0 Å². The Bertz CT molecular complexity index is 562. The van der Waals surface area contributed by atoms with Crippen LogP contribution in [0.5, 0.6) is 0 Å². The Morgan fingerprint density at radius 3 is 2.89 bits per heavy atom. The van der Waals surface area contributed by atoms with Crippen molar-refractivity contribution in [2.45, 2.75) is 13.3 Å². The van der Waals surface area contributed by atoms with Crippen molar-refractivity contribution >= 4 is 31.8 Å². The van der Waals surface area contributed by atoms with Crippen molar-refractivity contribution in [1.82, 2.24) is 9.71 Å². The van der Waals surface area contributed by atoms with Gasteiger partial charge in [0.2, 0.25) is 10.0 Å². The van der Waals surface area contributed by atoms with Crippen LogP contribution in [0.4, 0.5) is 5.82 Å². The second kappa shape index (κ2) is 5.76. The minimum Gasteiger partial charge on any atom is -0.356 e. The Labute approximate surface area is 122 Å². The number of hydrogen-bond donors (Lipinski definition) is 1. The first-order valence-electron chi connectivity index (χ1n) is 6.18. The van der Waals surface area contributed by atoms with Gasteiger partial charge in [-0.05, 0) is 47.3 Å². The average molecular weight is 348 g/mol. The molecule has 2 heterocycles. The topological polar surface area (TPSA) is 62.3 Å². The maximum atomic E-state index is 11.1. The molecule has 0 spiro atoms. The molecule has 1 atom stereocenters. The molecule has 1 aromatic heterocycles. The summed E-state index contributed by atoms with van der Waals surface area (Å²) < 4.78 is 25.7. The third-order valence-electron chi connectivity index (χ3n) is 3.25. The fourth-order valence-electron chi connectivity index (χ4n) is 2.18. The molecule has 0 bridgehead atoms. The van der Waals surface area contributed by atoms with Crippen LogP contribution in [0.3, 0.4) is 0 Å². The molecule has 1 fully saturated rings. The molecule has 0 saturated carbocycles. The van der Waals surface area contributed by atoms with Gasteiger partial charge in [0.15, 0.2) is 0 Å². The fourth-order valence-corrected chi connectivity index (χ4v) is 2.94. The van der Waals surface area contributed by atoms with Crippen LogP contribution in [0.25, 0.3) is 0 Å². The zero-order chi connectivity index (χ0) is 14.0. The maximum absolute atomic E-state index is 11.1. The summed E-state index contributed by atoms with van der Waals surface area (Å²) in [6.45, 7) is 4.23. The van der Waals surface area contributed by atoms with Crippen molar-refractivity contribution in [3.63, 3.8) is 0 Å². The lowest BCUT2D eigenvalue weighted by Crippen LogP contribution is -2.30. The monoisotopic (exact) mass is 347 g/mol. The van der Waals surface area contributed by atoms with Crippen molar-refractivity contribution in [2.24, 2.45) is 5.92 Å². The Balaban J connectivity index is 1.96. The number of sulfonamides is 1. The summed E-state index contributed by atoms with van der Waals surface area (Å²) in [6.07, 6.45) is 2.18. The molecule has 1 saturated heterocycles. The first kappa shape index (κ1) is 14.7. The van der Waals surface area contributed by atoms with E-state index in [1.807, 2.05) is 19.1 Å². The lowest BCUT2D eigenvalue weighted by molar-refractivity contribution is 0.545. The highest BCUT2D eigenvalue weighted by molar-refractivity contribution is 9.10. The van der Waals surface area contributed by atoms with Crippen molar-refractivity contribution < 1.29 is 8.42 Å². The highest BCUT2D eigenvalue weighted by Gasteiger charge is 2.24.